The summed E-state index contributed by atoms with van der Waals surface area (Å²) in [7, 11) is 0. The van der Waals surface area contributed by atoms with Gasteiger partial charge in [-0.2, -0.15) is 0 Å². The van der Waals surface area contributed by atoms with Gasteiger partial charge in [0.05, 0.1) is 0 Å². The molecule has 0 aromatic heterocycles. The predicted octanol–water partition coefficient (Wildman–Crippen LogP) is 2.80. The van der Waals surface area contributed by atoms with Gasteiger partial charge in [-0.1, -0.05) is 42.8 Å². The van der Waals surface area contributed by atoms with Crippen molar-refractivity contribution < 1.29 is 14.4 Å². The van der Waals surface area contributed by atoms with Crippen LogP contribution in [0.4, 0.5) is 0 Å². The van der Waals surface area contributed by atoms with E-state index in [1.54, 1.807) is 0 Å². The Kier molecular flexibility index (Phi) is 7.02. The normalized spacial score (nSPS) is 18.8. The van der Waals surface area contributed by atoms with Crippen molar-refractivity contribution in [1.82, 2.24) is 9.80 Å². The molecule has 0 bridgehead atoms. The van der Waals surface area contributed by atoms with Crippen LogP contribution in [0.25, 0.3) is 0 Å². The maximum absolute atomic E-state index is 12.7. The molecule has 2 saturated heterocycles. The summed E-state index contributed by atoms with van der Waals surface area (Å²) in [4.78, 5) is 40.0. The SMILES string of the molecule is CC(=O)SCC(C)C(=O)N1CCC2(CCN(C(=O)C#Cc3ccccc3)CC2)C1. The fourth-order valence-electron chi connectivity index (χ4n) is 4.07. The number of amides is 2. The Morgan fingerprint density at radius 2 is 1.69 bits per heavy atom. The van der Waals surface area contributed by atoms with Crippen molar-refractivity contribution >= 4 is 28.7 Å². The first-order valence-electron chi connectivity index (χ1n) is 10.2. The van der Waals surface area contributed by atoms with Crippen LogP contribution in [0.5, 0.6) is 0 Å². The van der Waals surface area contributed by atoms with E-state index < -0.39 is 0 Å². The summed E-state index contributed by atoms with van der Waals surface area (Å²) in [6.07, 6.45) is 2.81. The smallest absolute Gasteiger partial charge is 0.298 e. The van der Waals surface area contributed by atoms with E-state index in [9.17, 15) is 14.4 Å². The number of thioether (sulfide) groups is 1. The molecule has 2 amide bonds. The third kappa shape index (κ3) is 5.63. The Labute approximate surface area is 177 Å². The molecule has 1 atom stereocenters. The molecule has 6 heteroatoms. The van der Waals surface area contributed by atoms with Crippen molar-refractivity contribution in [2.24, 2.45) is 11.3 Å². The number of hydrogen-bond acceptors (Lipinski definition) is 4. The molecule has 2 fully saturated rings. The summed E-state index contributed by atoms with van der Waals surface area (Å²) in [5.41, 5.74) is 0.962. The molecular weight excluding hydrogens is 384 g/mol. The molecule has 0 N–H and O–H groups in total. The molecule has 29 heavy (non-hydrogen) atoms. The molecule has 0 radical (unpaired) electrons. The van der Waals surface area contributed by atoms with Crippen LogP contribution in [0.3, 0.4) is 0 Å². The Morgan fingerprint density at radius 1 is 1.07 bits per heavy atom. The minimum Gasteiger partial charge on any atom is -0.342 e. The zero-order chi connectivity index (χ0) is 20.9. The first-order chi connectivity index (χ1) is 13.9. The lowest BCUT2D eigenvalue weighted by molar-refractivity contribution is -0.134. The maximum Gasteiger partial charge on any atom is 0.298 e. The average Bonchev–Trinajstić information content (AvgIpc) is 3.14. The number of benzene rings is 1. The number of carbonyl (C=O) groups excluding carboxylic acids is 3. The van der Waals surface area contributed by atoms with Crippen molar-refractivity contribution in [3.8, 4) is 11.8 Å². The van der Waals surface area contributed by atoms with Crippen molar-refractivity contribution in [1.29, 1.82) is 0 Å². The number of hydrogen-bond donors (Lipinski definition) is 0. The number of nitrogens with zero attached hydrogens (tertiary/aromatic N) is 2. The molecule has 0 saturated carbocycles. The average molecular weight is 413 g/mol. The van der Waals surface area contributed by atoms with Gasteiger partial charge in [-0.05, 0) is 36.8 Å². The Balaban J connectivity index is 1.50. The van der Waals surface area contributed by atoms with Gasteiger partial charge in [0.15, 0.2) is 5.12 Å². The van der Waals surface area contributed by atoms with Crippen molar-refractivity contribution in [3.05, 3.63) is 35.9 Å². The van der Waals surface area contributed by atoms with Gasteiger partial charge in [-0.3, -0.25) is 14.4 Å². The highest BCUT2D eigenvalue weighted by Gasteiger charge is 2.43. The minimum absolute atomic E-state index is 0.0509. The molecule has 2 heterocycles. The van der Waals surface area contributed by atoms with Crippen LogP contribution < -0.4 is 0 Å². The van der Waals surface area contributed by atoms with Gasteiger partial charge in [0.1, 0.15) is 0 Å². The fourth-order valence-corrected chi connectivity index (χ4v) is 4.69. The van der Waals surface area contributed by atoms with Gasteiger partial charge in [-0.25, -0.2) is 0 Å². The first-order valence-corrected chi connectivity index (χ1v) is 11.2. The van der Waals surface area contributed by atoms with Crippen LogP contribution in [0.2, 0.25) is 0 Å². The van der Waals surface area contributed by atoms with Gasteiger partial charge < -0.3 is 9.80 Å². The highest BCUT2D eigenvalue weighted by molar-refractivity contribution is 8.13. The van der Waals surface area contributed by atoms with Crippen LogP contribution in [-0.2, 0) is 14.4 Å². The van der Waals surface area contributed by atoms with E-state index in [-0.39, 0.29) is 28.3 Å². The van der Waals surface area contributed by atoms with Gasteiger partial charge in [0.25, 0.3) is 5.91 Å². The van der Waals surface area contributed by atoms with Crippen molar-refractivity contribution in [3.63, 3.8) is 0 Å². The third-order valence-electron chi connectivity index (χ3n) is 5.91. The van der Waals surface area contributed by atoms with Gasteiger partial charge >= 0.3 is 0 Å². The Morgan fingerprint density at radius 3 is 2.31 bits per heavy atom. The quantitative estimate of drug-likeness (QED) is 0.717. The summed E-state index contributed by atoms with van der Waals surface area (Å²) in [5, 5.41) is 0.0509. The second kappa shape index (κ2) is 9.49. The van der Waals surface area contributed by atoms with E-state index in [4.69, 9.17) is 0 Å². The van der Waals surface area contributed by atoms with E-state index >= 15 is 0 Å². The summed E-state index contributed by atoms with van der Waals surface area (Å²) in [6, 6.07) is 9.53. The zero-order valence-corrected chi connectivity index (χ0v) is 18.0. The van der Waals surface area contributed by atoms with Crippen LogP contribution in [0, 0.1) is 23.2 Å². The van der Waals surface area contributed by atoms with Gasteiger partial charge in [0, 0.05) is 56.3 Å². The van der Waals surface area contributed by atoms with Crippen molar-refractivity contribution in [2.75, 3.05) is 31.9 Å². The molecule has 1 aromatic carbocycles. The molecule has 0 aliphatic carbocycles. The predicted molar refractivity (Wildman–Crippen MR) is 115 cm³/mol. The Bertz CT molecular complexity index is 820. The van der Waals surface area contributed by atoms with E-state index in [2.05, 4.69) is 11.8 Å². The fraction of sp³-hybridized carbons (Fsp3) is 0.522. The second-order valence-electron chi connectivity index (χ2n) is 8.12. The lowest BCUT2D eigenvalue weighted by Gasteiger charge is -2.38. The molecular formula is C23H28N2O3S. The third-order valence-corrected chi connectivity index (χ3v) is 6.98. The Hall–Kier alpha value is -2.26. The molecule has 1 aromatic rings. The number of rotatable bonds is 3. The topological polar surface area (TPSA) is 57.7 Å². The summed E-state index contributed by atoms with van der Waals surface area (Å²) in [6.45, 7) is 6.36. The zero-order valence-electron chi connectivity index (χ0n) is 17.1. The van der Waals surface area contributed by atoms with Crippen molar-refractivity contribution in [2.45, 2.75) is 33.1 Å². The van der Waals surface area contributed by atoms with Crippen LogP contribution in [0.1, 0.15) is 38.7 Å². The lowest BCUT2D eigenvalue weighted by atomic mass is 9.78. The van der Waals surface area contributed by atoms with E-state index in [1.165, 1.54) is 18.7 Å². The van der Waals surface area contributed by atoms with Gasteiger partial charge in [0.2, 0.25) is 5.91 Å². The summed E-state index contributed by atoms with van der Waals surface area (Å²) < 4.78 is 0. The van der Waals surface area contributed by atoms with E-state index in [0.29, 0.717) is 18.8 Å². The lowest BCUT2D eigenvalue weighted by Crippen LogP contribution is -2.44. The van der Waals surface area contributed by atoms with Gasteiger partial charge in [-0.15, -0.1) is 0 Å². The first kappa shape index (κ1) is 21.4. The number of likely N-dealkylation sites (tertiary alicyclic amines) is 2. The standard InChI is InChI=1S/C23H28N2O3S/c1-18(16-29-19(2)26)22(28)25-15-12-23(17-25)10-13-24(14-11-23)21(27)9-8-20-6-4-3-5-7-20/h3-7,18H,10-17H2,1-2H3. The maximum atomic E-state index is 12.7. The summed E-state index contributed by atoms with van der Waals surface area (Å²) >= 11 is 1.22. The van der Waals surface area contributed by atoms with E-state index in [1.807, 2.05) is 47.1 Å². The monoisotopic (exact) mass is 412 g/mol. The molecule has 3 rings (SSSR count). The molecule has 1 spiro atoms. The number of piperidine rings is 1. The highest BCUT2D eigenvalue weighted by atomic mass is 32.2. The van der Waals surface area contributed by atoms with Crippen LogP contribution in [-0.4, -0.2) is 58.7 Å². The number of carbonyl (C=O) groups is 3. The highest BCUT2D eigenvalue weighted by Crippen LogP contribution is 2.40. The molecule has 2 aliphatic rings. The largest absolute Gasteiger partial charge is 0.342 e. The summed E-state index contributed by atoms with van der Waals surface area (Å²) in [5.74, 6) is 6.11. The van der Waals surface area contributed by atoms with E-state index in [0.717, 1.165) is 37.9 Å². The molecule has 5 nitrogen and oxygen atoms in total. The molecule has 154 valence electrons. The molecule has 1 unspecified atom stereocenters. The minimum atomic E-state index is -0.144. The van der Waals surface area contributed by atoms with Crippen LogP contribution in [0.15, 0.2) is 30.3 Å². The molecule has 2 aliphatic heterocycles. The van der Waals surface area contributed by atoms with Crippen LogP contribution >= 0.6 is 11.8 Å². The second-order valence-corrected chi connectivity index (χ2v) is 9.32.